The van der Waals surface area contributed by atoms with Crippen molar-refractivity contribution in [3.05, 3.63) is 76.6 Å². The van der Waals surface area contributed by atoms with Crippen molar-refractivity contribution in [3.63, 3.8) is 0 Å². The second kappa shape index (κ2) is 6.88. The number of rotatable bonds is 4. The number of hydrogen-bond acceptors (Lipinski definition) is 4. The molecule has 146 valence electrons. The quantitative estimate of drug-likeness (QED) is 0.585. The van der Waals surface area contributed by atoms with E-state index in [1.165, 1.54) is 11.1 Å². The Morgan fingerprint density at radius 1 is 1.14 bits per heavy atom. The molecule has 0 aliphatic heterocycles. The molecule has 4 aromatic rings. The molecule has 5 rings (SSSR count). The van der Waals surface area contributed by atoms with Crippen LogP contribution in [0.3, 0.4) is 0 Å². The van der Waals surface area contributed by atoms with E-state index in [4.69, 9.17) is 0 Å². The molecule has 6 nitrogen and oxygen atoms in total. The van der Waals surface area contributed by atoms with Gasteiger partial charge in [0.1, 0.15) is 5.65 Å². The zero-order valence-corrected chi connectivity index (χ0v) is 16.6. The van der Waals surface area contributed by atoms with Gasteiger partial charge in [-0.15, -0.1) is 0 Å². The van der Waals surface area contributed by atoms with Crippen molar-refractivity contribution in [1.82, 2.24) is 19.1 Å². The Morgan fingerprint density at radius 2 is 1.90 bits per heavy atom. The molecule has 1 aliphatic carbocycles. The fourth-order valence-electron chi connectivity index (χ4n) is 4.23. The second-order valence-electron chi connectivity index (χ2n) is 7.70. The van der Waals surface area contributed by atoms with Crippen LogP contribution in [0.25, 0.3) is 22.3 Å². The molecular formula is C23H23N5O. The van der Waals surface area contributed by atoms with Gasteiger partial charge in [-0.25, -0.2) is 9.97 Å². The highest BCUT2D eigenvalue weighted by Gasteiger charge is 2.21. The predicted octanol–water partition coefficient (Wildman–Crippen LogP) is 3.40. The van der Waals surface area contributed by atoms with E-state index >= 15 is 0 Å². The minimum absolute atomic E-state index is 0.0331. The fourth-order valence-corrected chi connectivity index (χ4v) is 4.23. The molecule has 0 unspecified atom stereocenters. The maximum absolute atomic E-state index is 13.2. The summed E-state index contributed by atoms with van der Waals surface area (Å²) in [4.78, 5) is 22.2. The number of imidazole rings is 1. The van der Waals surface area contributed by atoms with Crippen molar-refractivity contribution in [2.24, 2.45) is 7.05 Å². The molecule has 0 radical (unpaired) electrons. The molecule has 1 aromatic carbocycles. The molecule has 0 fully saturated rings. The number of benzene rings is 1. The van der Waals surface area contributed by atoms with Crippen molar-refractivity contribution >= 4 is 16.7 Å². The lowest BCUT2D eigenvalue weighted by Gasteiger charge is -2.15. The molecule has 0 amide bonds. The molecule has 6 heteroatoms. The number of pyridine rings is 2. The van der Waals surface area contributed by atoms with Gasteiger partial charge in [-0.3, -0.25) is 4.79 Å². The van der Waals surface area contributed by atoms with Crippen molar-refractivity contribution in [3.8, 4) is 11.3 Å². The van der Waals surface area contributed by atoms with Crippen LogP contribution in [0.15, 0.2) is 60.0 Å². The highest BCUT2D eigenvalue weighted by Crippen LogP contribution is 2.25. The Hall–Kier alpha value is -3.41. The topological polar surface area (TPSA) is 64.7 Å². The van der Waals surface area contributed by atoms with Crippen LogP contribution < -0.4 is 10.7 Å². The number of nitrogens with one attached hydrogen (secondary N) is 1. The lowest BCUT2D eigenvalue weighted by Crippen LogP contribution is -2.20. The highest BCUT2D eigenvalue weighted by molar-refractivity contribution is 5.83. The van der Waals surface area contributed by atoms with Crippen molar-refractivity contribution in [2.45, 2.75) is 32.4 Å². The first-order chi connectivity index (χ1) is 14.1. The summed E-state index contributed by atoms with van der Waals surface area (Å²) in [5.41, 5.74) is 5.63. The van der Waals surface area contributed by atoms with Gasteiger partial charge >= 0.3 is 0 Å². The number of aryl methyl sites for hydroxylation is 2. The van der Waals surface area contributed by atoms with Crippen LogP contribution in [0.4, 0.5) is 5.69 Å². The van der Waals surface area contributed by atoms with Gasteiger partial charge in [-0.05, 0) is 37.0 Å². The van der Waals surface area contributed by atoms with Crippen LogP contribution in [-0.2, 0) is 26.4 Å². The van der Waals surface area contributed by atoms with Crippen LogP contribution >= 0.6 is 0 Å². The van der Waals surface area contributed by atoms with Gasteiger partial charge < -0.3 is 14.5 Å². The Kier molecular flexibility index (Phi) is 4.19. The molecule has 3 aromatic heterocycles. The minimum atomic E-state index is -0.0331. The second-order valence-corrected chi connectivity index (χ2v) is 7.70. The summed E-state index contributed by atoms with van der Waals surface area (Å²) in [7, 11) is 1.90. The van der Waals surface area contributed by atoms with E-state index in [0.29, 0.717) is 28.3 Å². The lowest BCUT2D eigenvalue weighted by molar-refractivity contribution is 0.769. The van der Waals surface area contributed by atoms with Crippen LogP contribution in [-0.4, -0.2) is 25.1 Å². The number of hydrogen-bond donors (Lipinski definition) is 1. The summed E-state index contributed by atoms with van der Waals surface area (Å²) in [5, 5.41) is 4.20. The van der Waals surface area contributed by atoms with Gasteiger partial charge in [-0.2, -0.15) is 0 Å². The van der Waals surface area contributed by atoms with E-state index in [0.717, 1.165) is 25.1 Å². The Bertz CT molecular complexity index is 1240. The van der Waals surface area contributed by atoms with Crippen LogP contribution in [0.5, 0.6) is 0 Å². The van der Waals surface area contributed by atoms with Crippen LogP contribution in [0.1, 0.15) is 18.1 Å². The summed E-state index contributed by atoms with van der Waals surface area (Å²) in [6, 6.07) is 10.8. The fraction of sp³-hybridized carbons (Fsp3) is 0.261. The third kappa shape index (κ3) is 3.10. The maximum Gasteiger partial charge on any atom is 0.200 e. The zero-order valence-electron chi connectivity index (χ0n) is 16.6. The standard InChI is InChI=1S/C23H23N5O/c1-3-28-12-20(21-13-27(2)14-25-21)22(29)19-10-18(11-24-23(19)28)26-17-8-15-6-4-5-7-16(15)9-17/h4-7,10-14,17,26H,3,8-9H2,1-2H3. The molecular weight excluding hydrogens is 362 g/mol. The molecule has 0 spiro atoms. The van der Waals surface area contributed by atoms with Gasteiger partial charge in [0.15, 0.2) is 0 Å². The molecule has 0 atom stereocenters. The molecule has 1 aliphatic rings. The maximum atomic E-state index is 13.2. The van der Waals surface area contributed by atoms with Gasteiger partial charge in [0.2, 0.25) is 5.43 Å². The van der Waals surface area contributed by atoms with Gasteiger partial charge in [0.05, 0.1) is 34.9 Å². The summed E-state index contributed by atoms with van der Waals surface area (Å²) >= 11 is 0. The first-order valence-electron chi connectivity index (χ1n) is 9.97. The average molecular weight is 385 g/mol. The number of anilines is 1. The zero-order chi connectivity index (χ0) is 20.0. The SMILES string of the molecule is CCn1cc(-c2cn(C)cn2)c(=O)c2cc(NC3Cc4ccccc4C3)cnc21. The third-order valence-corrected chi connectivity index (χ3v) is 5.66. The summed E-state index contributed by atoms with van der Waals surface area (Å²) < 4.78 is 3.86. The van der Waals surface area contributed by atoms with E-state index < -0.39 is 0 Å². The normalized spacial score (nSPS) is 13.7. The van der Waals surface area contributed by atoms with E-state index in [2.05, 4.69) is 46.5 Å². The smallest absolute Gasteiger partial charge is 0.200 e. The number of aromatic nitrogens is 4. The highest BCUT2D eigenvalue weighted by atomic mass is 16.1. The first kappa shape index (κ1) is 17.7. The lowest BCUT2D eigenvalue weighted by atomic mass is 10.1. The van der Waals surface area contributed by atoms with Crippen LogP contribution in [0.2, 0.25) is 0 Å². The molecule has 1 N–H and O–H groups in total. The van der Waals surface area contributed by atoms with E-state index in [1.54, 1.807) is 6.33 Å². The largest absolute Gasteiger partial charge is 0.380 e. The number of nitrogens with zero attached hydrogens (tertiary/aromatic N) is 4. The molecule has 0 bridgehead atoms. The number of fused-ring (bicyclic) bond motifs is 2. The van der Waals surface area contributed by atoms with Gasteiger partial charge in [0, 0.05) is 32.0 Å². The Morgan fingerprint density at radius 3 is 2.55 bits per heavy atom. The van der Waals surface area contributed by atoms with E-state index in [9.17, 15) is 4.79 Å². The summed E-state index contributed by atoms with van der Waals surface area (Å²) in [6.07, 6.45) is 9.25. The van der Waals surface area contributed by atoms with E-state index in [1.807, 2.05) is 40.8 Å². The van der Waals surface area contributed by atoms with E-state index in [-0.39, 0.29) is 5.43 Å². The Labute approximate surface area is 168 Å². The van der Waals surface area contributed by atoms with Crippen molar-refractivity contribution in [1.29, 1.82) is 0 Å². The van der Waals surface area contributed by atoms with Crippen molar-refractivity contribution in [2.75, 3.05) is 5.32 Å². The molecule has 0 saturated carbocycles. The molecule has 3 heterocycles. The monoisotopic (exact) mass is 385 g/mol. The minimum Gasteiger partial charge on any atom is -0.380 e. The summed E-state index contributed by atoms with van der Waals surface area (Å²) in [6.45, 7) is 2.78. The third-order valence-electron chi connectivity index (χ3n) is 5.66. The molecule has 29 heavy (non-hydrogen) atoms. The van der Waals surface area contributed by atoms with Crippen LogP contribution in [0, 0.1) is 0 Å². The predicted molar refractivity (Wildman–Crippen MR) is 115 cm³/mol. The van der Waals surface area contributed by atoms with Gasteiger partial charge in [-0.1, -0.05) is 24.3 Å². The van der Waals surface area contributed by atoms with Crippen molar-refractivity contribution < 1.29 is 0 Å². The first-order valence-corrected chi connectivity index (χ1v) is 9.97. The molecule has 0 saturated heterocycles. The van der Waals surface area contributed by atoms with Gasteiger partial charge in [0.25, 0.3) is 0 Å². The summed E-state index contributed by atoms with van der Waals surface area (Å²) in [5.74, 6) is 0. The Balaban J connectivity index is 1.54. The average Bonchev–Trinajstić information content (AvgIpc) is 3.34.